The molecule has 0 unspecified atom stereocenters. The summed E-state index contributed by atoms with van der Waals surface area (Å²) >= 11 is 0. The summed E-state index contributed by atoms with van der Waals surface area (Å²) in [6.07, 6.45) is 1.98. The van der Waals surface area contributed by atoms with Gasteiger partial charge in [0.1, 0.15) is 5.54 Å². The molecule has 0 spiro atoms. The Morgan fingerprint density at radius 2 is 2.21 bits per heavy atom. The average Bonchev–Trinajstić information content (AvgIpc) is 2.17. The predicted molar refractivity (Wildman–Crippen MR) is 53.1 cm³/mol. The van der Waals surface area contributed by atoms with Crippen LogP contribution in [-0.2, 0) is 4.79 Å². The van der Waals surface area contributed by atoms with Gasteiger partial charge in [-0.05, 0) is 39.2 Å². The van der Waals surface area contributed by atoms with Crippen molar-refractivity contribution in [3.8, 4) is 0 Å². The molecule has 1 heterocycles. The molecule has 1 aliphatic heterocycles. The van der Waals surface area contributed by atoms with E-state index in [1.165, 1.54) is 0 Å². The lowest BCUT2D eigenvalue weighted by atomic mass is 9.93. The average molecular weight is 201 g/mol. The number of likely N-dealkylation sites (tertiary alicyclic amines) is 1. The first-order chi connectivity index (χ1) is 6.48. The molecule has 0 aromatic heterocycles. The second kappa shape index (κ2) is 4.28. The number of carboxylic acids is 1. The lowest BCUT2D eigenvalue weighted by molar-refractivity contribution is -0.150. The second-order valence-corrected chi connectivity index (χ2v) is 4.50. The third kappa shape index (κ3) is 2.25. The highest BCUT2D eigenvalue weighted by Crippen LogP contribution is 2.23. The van der Waals surface area contributed by atoms with Crippen LogP contribution in [0.25, 0.3) is 0 Å². The minimum atomic E-state index is -0.812. The Balaban J connectivity index is 2.63. The lowest BCUT2D eigenvalue weighted by Gasteiger charge is -2.40. The van der Waals surface area contributed by atoms with Crippen molar-refractivity contribution in [2.75, 3.05) is 19.7 Å². The van der Waals surface area contributed by atoms with Gasteiger partial charge in [0.2, 0.25) is 0 Å². The summed E-state index contributed by atoms with van der Waals surface area (Å²) in [4.78, 5) is 13.0. The number of hydrogen-bond donors (Lipinski definition) is 2. The van der Waals surface area contributed by atoms with Crippen molar-refractivity contribution >= 4 is 5.97 Å². The van der Waals surface area contributed by atoms with Crippen LogP contribution in [0.5, 0.6) is 0 Å². The fourth-order valence-corrected chi connectivity index (χ4v) is 1.86. The number of carboxylic acid groups (broad SMARTS) is 1. The Labute approximate surface area is 84.5 Å². The summed E-state index contributed by atoms with van der Waals surface area (Å²) in [6.45, 7) is 5.10. The first kappa shape index (κ1) is 11.5. The fourth-order valence-electron chi connectivity index (χ4n) is 1.86. The van der Waals surface area contributed by atoms with E-state index in [9.17, 15) is 4.79 Å². The first-order valence-electron chi connectivity index (χ1n) is 5.07. The van der Waals surface area contributed by atoms with Crippen LogP contribution in [0.2, 0.25) is 0 Å². The van der Waals surface area contributed by atoms with E-state index < -0.39 is 11.5 Å². The zero-order valence-electron chi connectivity index (χ0n) is 8.86. The van der Waals surface area contributed by atoms with Gasteiger partial charge in [-0.1, -0.05) is 0 Å². The molecule has 1 aliphatic rings. The van der Waals surface area contributed by atoms with Crippen molar-refractivity contribution in [2.45, 2.75) is 32.2 Å². The van der Waals surface area contributed by atoms with Crippen LogP contribution in [0.15, 0.2) is 0 Å². The molecule has 0 aliphatic carbocycles. The maximum Gasteiger partial charge on any atom is 0.323 e. The van der Waals surface area contributed by atoms with Crippen molar-refractivity contribution in [3.63, 3.8) is 0 Å². The number of piperidine rings is 1. The van der Waals surface area contributed by atoms with Gasteiger partial charge in [0, 0.05) is 13.2 Å². The van der Waals surface area contributed by atoms with E-state index in [-0.39, 0.29) is 12.5 Å². The van der Waals surface area contributed by atoms with Gasteiger partial charge in [-0.25, -0.2) is 0 Å². The van der Waals surface area contributed by atoms with E-state index >= 15 is 0 Å². The fraction of sp³-hybridized carbons (Fsp3) is 0.900. The molecular weight excluding hydrogens is 182 g/mol. The van der Waals surface area contributed by atoms with E-state index in [2.05, 4.69) is 0 Å². The van der Waals surface area contributed by atoms with E-state index in [1.54, 1.807) is 13.8 Å². The van der Waals surface area contributed by atoms with Crippen LogP contribution in [0.4, 0.5) is 0 Å². The zero-order valence-corrected chi connectivity index (χ0v) is 8.86. The Hall–Kier alpha value is -0.610. The van der Waals surface area contributed by atoms with Gasteiger partial charge in [0.05, 0.1) is 0 Å². The summed E-state index contributed by atoms with van der Waals surface area (Å²) in [5.41, 5.74) is -0.812. The normalized spacial score (nSPS) is 24.9. The van der Waals surface area contributed by atoms with Gasteiger partial charge in [-0.3, -0.25) is 9.69 Å². The number of rotatable bonds is 3. The summed E-state index contributed by atoms with van der Waals surface area (Å²) in [5, 5.41) is 18.1. The van der Waals surface area contributed by atoms with Crippen LogP contribution in [0.1, 0.15) is 26.7 Å². The van der Waals surface area contributed by atoms with Gasteiger partial charge in [0.25, 0.3) is 0 Å². The molecule has 2 N–H and O–H groups in total. The largest absolute Gasteiger partial charge is 0.480 e. The smallest absolute Gasteiger partial charge is 0.323 e. The van der Waals surface area contributed by atoms with Crippen molar-refractivity contribution in [1.29, 1.82) is 0 Å². The van der Waals surface area contributed by atoms with E-state index in [0.717, 1.165) is 19.4 Å². The van der Waals surface area contributed by atoms with Crippen LogP contribution in [0.3, 0.4) is 0 Å². The predicted octanol–water partition coefficient (Wildman–Crippen LogP) is 0.554. The minimum absolute atomic E-state index is 0.159. The molecule has 14 heavy (non-hydrogen) atoms. The number of aliphatic hydroxyl groups excluding tert-OH is 1. The number of hydrogen-bond acceptors (Lipinski definition) is 3. The molecular formula is C10H19NO3. The van der Waals surface area contributed by atoms with Crippen molar-refractivity contribution in [3.05, 3.63) is 0 Å². The molecule has 4 heteroatoms. The highest BCUT2D eigenvalue weighted by Gasteiger charge is 2.36. The van der Waals surface area contributed by atoms with Crippen LogP contribution >= 0.6 is 0 Å². The zero-order chi connectivity index (χ0) is 10.8. The molecule has 0 bridgehead atoms. The number of aliphatic carboxylic acids is 1. The van der Waals surface area contributed by atoms with E-state index in [1.807, 2.05) is 4.90 Å². The Kier molecular flexibility index (Phi) is 3.50. The SMILES string of the molecule is CC(C)(C(=O)O)N1CCC[C@H](CO)C1. The van der Waals surface area contributed by atoms with Crippen LogP contribution < -0.4 is 0 Å². The third-order valence-electron chi connectivity index (χ3n) is 3.09. The van der Waals surface area contributed by atoms with Gasteiger partial charge < -0.3 is 10.2 Å². The molecule has 1 rings (SSSR count). The number of carbonyl (C=O) groups is 1. The highest BCUT2D eigenvalue weighted by atomic mass is 16.4. The van der Waals surface area contributed by atoms with Gasteiger partial charge in [0.15, 0.2) is 0 Å². The van der Waals surface area contributed by atoms with Crippen molar-refractivity contribution < 1.29 is 15.0 Å². The van der Waals surface area contributed by atoms with E-state index in [4.69, 9.17) is 10.2 Å². The Bertz CT molecular complexity index is 215. The molecule has 82 valence electrons. The Morgan fingerprint density at radius 3 is 2.71 bits per heavy atom. The molecule has 0 aromatic carbocycles. The topological polar surface area (TPSA) is 60.8 Å². The van der Waals surface area contributed by atoms with Crippen LogP contribution in [-0.4, -0.2) is 46.3 Å². The third-order valence-corrected chi connectivity index (χ3v) is 3.09. The standard InChI is InChI=1S/C10H19NO3/c1-10(2,9(13)14)11-5-3-4-8(6-11)7-12/h8,12H,3-7H2,1-2H3,(H,13,14)/t8-/m0/s1. The molecule has 1 atom stereocenters. The maximum absolute atomic E-state index is 11.0. The molecule has 1 fully saturated rings. The molecule has 0 amide bonds. The quantitative estimate of drug-likeness (QED) is 0.700. The Morgan fingerprint density at radius 1 is 1.57 bits per heavy atom. The van der Waals surface area contributed by atoms with Gasteiger partial charge in [-0.2, -0.15) is 0 Å². The summed E-state index contributed by atoms with van der Waals surface area (Å²) in [5.74, 6) is -0.557. The molecule has 1 saturated heterocycles. The lowest BCUT2D eigenvalue weighted by Crippen LogP contribution is -2.54. The van der Waals surface area contributed by atoms with Crippen LogP contribution in [0, 0.1) is 5.92 Å². The molecule has 0 radical (unpaired) electrons. The molecule has 0 aromatic rings. The van der Waals surface area contributed by atoms with Crippen molar-refractivity contribution in [2.24, 2.45) is 5.92 Å². The number of nitrogens with zero attached hydrogens (tertiary/aromatic N) is 1. The summed E-state index contributed by atoms with van der Waals surface area (Å²) in [6, 6.07) is 0. The molecule has 0 saturated carbocycles. The summed E-state index contributed by atoms with van der Waals surface area (Å²) < 4.78 is 0. The minimum Gasteiger partial charge on any atom is -0.480 e. The first-order valence-corrected chi connectivity index (χ1v) is 5.07. The van der Waals surface area contributed by atoms with Gasteiger partial charge in [-0.15, -0.1) is 0 Å². The van der Waals surface area contributed by atoms with E-state index in [0.29, 0.717) is 6.54 Å². The summed E-state index contributed by atoms with van der Waals surface area (Å²) in [7, 11) is 0. The van der Waals surface area contributed by atoms with Gasteiger partial charge >= 0.3 is 5.97 Å². The highest BCUT2D eigenvalue weighted by molar-refractivity contribution is 5.77. The number of aliphatic hydroxyl groups is 1. The van der Waals surface area contributed by atoms with Crippen molar-refractivity contribution in [1.82, 2.24) is 4.90 Å². The second-order valence-electron chi connectivity index (χ2n) is 4.50. The molecule has 4 nitrogen and oxygen atoms in total. The maximum atomic E-state index is 11.0. The monoisotopic (exact) mass is 201 g/mol.